The highest BCUT2D eigenvalue weighted by Gasteiger charge is 2.60. The normalized spacial score (nSPS) is 19.1. The zero-order valence-corrected chi connectivity index (χ0v) is 17.5. The van der Waals surface area contributed by atoms with Gasteiger partial charge >= 0.3 is 24.7 Å². The quantitative estimate of drug-likeness (QED) is 0.175. The lowest BCUT2D eigenvalue weighted by Crippen LogP contribution is -2.45. The highest BCUT2D eigenvalue weighted by Crippen LogP contribution is 2.49. The topological polar surface area (TPSA) is 0 Å². The van der Waals surface area contributed by atoms with Gasteiger partial charge in [0, 0.05) is 6.42 Å². The Labute approximate surface area is 187 Å². The molecule has 0 spiro atoms. The minimum absolute atomic E-state index is 0.0505. The van der Waals surface area contributed by atoms with E-state index in [1.54, 1.807) is 0 Å². The number of allylic oxidation sites excluding steroid dienone is 1. The molecule has 35 heavy (non-hydrogen) atoms. The number of alkyl halides is 17. The second-order valence-corrected chi connectivity index (χ2v) is 8.30. The molecule has 0 aliphatic heterocycles. The van der Waals surface area contributed by atoms with E-state index >= 15 is 0 Å². The molecule has 4 unspecified atom stereocenters. The Morgan fingerprint density at radius 3 is 1.31 bits per heavy atom. The fraction of sp³-hybridized carbons (Fsp3) is 0.889. The first kappa shape index (κ1) is 33.5. The summed E-state index contributed by atoms with van der Waals surface area (Å²) in [7, 11) is 0. The SMILES string of the molecule is C=CC(CC(CC(CC(F)(F)CC(F)(F)CC(C)(F)C(F)(F)F)C(F)(F)F)C(F)(F)F)C(F)(F)F. The molecule has 0 saturated heterocycles. The molecule has 0 fully saturated rings. The maximum atomic E-state index is 14.0. The fourth-order valence-corrected chi connectivity index (χ4v) is 3.17. The van der Waals surface area contributed by atoms with Crippen LogP contribution in [0.2, 0.25) is 0 Å². The predicted octanol–water partition coefficient (Wildman–Crippen LogP) is 9.22. The Hall–Kier alpha value is -1.45. The van der Waals surface area contributed by atoms with Gasteiger partial charge in [-0.25, -0.2) is 22.0 Å². The van der Waals surface area contributed by atoms with Gasteiger partial charge in [-0.1, -0.05) is 6.08 Å². The van der Waals surface area contributed by atoms with Gasteiger partial charge < -0.3 is 0 Å². The van der Waals surface area contributed by atoms with Crippen molar-refractivity contribution >= 4 is 0 Å². The molecule has 0 rings (SSSR count). The standard InChI is InChI=1S/C18H19F17/c1-3-9(15(24,25)26)4-10(16(27,28)29)5-11(17(30,31)32)6-13(20,21)8-14(22,23)7-12(2,19)18(33,34)35/h3,9-11H,1,4-8H2,2H3. The van der Waals surface area contributed by atoms with Crippen LogP contribution in [0.3, 0.4) is 0 Å². The molecule has 0 amide bonds. The van der Waals surface area contributed by atoms with E-state index in [0.717, 1.165) is 0 Å². The first-order chi connectivity index (χ1) is 15.0. The van der Waals surface area contributed by atoms with Gasteiger partial charge in [0.15, 0.2) is 0 Å². The zero-order chi connectivity index (χ0) is 28.5. The summed E-state index contributed by atoms with van der Waals surface area (Å²) in [6, 6.07) is 0. The average molecular weight is 558 g/mol. The van der Waals surface area contributed by atoms with Gasteiger partial charge in [-0.2, -0.15) is 52.7 Å². The summed E-state index contributed by atoms with van der Waals surface area (Å²) in [5.74, 6) is -20.8. The summed E-state index contributed by atoms with van der Waals surface area (Å²) < 4.78 is 223. The molecule has 0 aliphatic rings. The van der Waals surface area contributed by atoms with E-state index in [-0.39, 0.29) is 6.08 Å². The smallest absolute Gasteiger partial charge is 0.234 e. The van der Waals surface area contributed by atoms with Crippen molar-refractivity contribution in [2.75, 3.05) is 0 Å². The molecule has 0 N–H and O–H groups in total. The molecule has 0 aromatic heterocycles. The maximum Gasteiger partial charge on any atom is 0.422 e. The molecule has 0 aromatic rings. The number of hydrogen-bond donors (Lipinski definition) is 0. The molecular weight excluding hydrogens is 539 g/mol. The van der Waals surface area contributed by atoms with E-state index < -0.39 is 99.0 Å². The van der Waals surface area contributed by atoms with Gasteiger partial charge in [0.2, 0.25) is 5.67 Å². The summed E-state index contributed by atoms with van der Waals surface area (Å²) >= 11 is 0. The highest BCUT2D eigenvalue weighted by molar-refractivity contribution is 4.93. The van der Waals surface area contributed by atoms with Crippen molar-refractivity contribution in [1.82, 2.24) is 0 Å². The molecule has 0 aliphatic carbocycles. The van der Waals surface area contributed by atoms with Crippen LogP contribution in [0.15, 0.2) is 12.7 Å². The van der Waals surface area contributed by atoms with Crippen LogP contribution >= 0.6 is 0 Å². The largest absolute Gasteiger partial charge is 0.422 e. The van der Waals surface area contributed by atoms with Gasteiger partial charge in [0.25, 0.3) is 11.8 Å². The molecule has 0 heterocycles. The van der Waals surface area contributed by atoms with E-state index in [2.05, 4.69) is 6.58 Å². The third-order valence-electron chi connectivity index (χ3n) is 4.98. The third-order valence-corrected chi connectivity index (χ3v) is 4.98. The first-order valence-corrected chi connectivity index (χ1v) is 9.38. The summed E-state index contributed by atoms with van der Waals surface area (Å²) in [4.78, 5) is 0. The van der Waals surface area contributed by atoms with Gasteiger partial charge in [0.1, 0.15) is 0 Å². The molecule has 0 saturated carbocycles. The second kappa shape index (κ2) is 10.5. The summed E-state index contributed by atoms with van der Waals surface area (Å²) in [6.07, 6.45) is -36.5. The maximum absolute atomic E-state index is 14.0. The van der Waals surface area contributed by atoms with Crippen molar-refractivity contribution in [1.29, 1.82) is 0 Å². The molecule has 0 radical (unpaired) electrons. The van der Waals surface area contributed by atoms with E-state index in [0.29, 0.717) is 0 Å². The molecule has 17 heteroatoms. The van der Waals surface area contributed by atoms with Crippen LogP contribution in [0.1, 0.15) is 39.0 Å². The Morgan fingerprint density at radius 1 is 0.571 bits per heavy atom. The van der Waals surface area contributed by atoms with Crippen molar-refractivity contribution in [3.63, 3.8) is 0 Å². The van der Waals surface area contributed by atoms with E-state index in [4.69, 9.17) is 0 Å². The minimum Gasteiger partial charge on any atom is -0.234 e. The van der Waals surface area contributed by atoms with E-state index in [1.807, 2.05) is 0 Å². The Bertz CT molecular complexity index is 677. The van der Waals surface area contributed by atoms with E-state index in [9.17, 15) is 74.6 Å². The van der Waals surface area contributed by atoms with Crippen LogP contribution in [0, 0.1) is 17.8 Å². The van der Waals surface area contributed by atoms with Crippen molar-refractivity contribution in [2.24, 2.45) is 17.8 Å². The van der Waals surface area contributed by atoms with Crippen molar-refractivity contribution in [2.45, 2.75) is 81.2 Å². The lowest BCUT2D eigenvalue weighted by Gasteiger charge is -2.33. The van der Waals surface area contributed by atoms with Crippen LogP contribution < -0.4 is 0 Å². The van der Waals surface area contributed by atoms with E-state index in [1.165, 1.54) is 0 Å². The van der Waals surface area contributed by atoms with Crippen LogP contribution in [0.25, 0.3) is 0 Å². The lowest BCUT2D eigenvalue weighted by atomic mass is 9.82. The highest BCUT2D eigenvalue weighted by atomic mass is 19.4. The second-order valence-electron chi connectivity index (χ2n) is 8.30. The molecule has 0 bridgehead atoms. The Kier molecular flexibility index (Phi) is 10.1. The Balaban J connectivity index is 5.88. The number of hydrogen-bond acceptors (Lipinski definition) is 0. The monoisotopic (exact) mass is 558 g/mol. The van der Waals surface area contributed by atoms with Crippen molar-refractivity contribution in [3.05, 3.63) is 12.7 Å². The van der Waals surface area contributed by atoms with Crippen LogP contribution in [0.5, 0.6) is 0 Å². The van der Waals surface area contributed by atoms with Crippen LogP contribution in [-0.2, 0) is 0 Å². The number of rotatable bonds is 11. The van der Waals surface area contributed by atoms with Gasteiger partial charge in [-0.05, 0) is 19.8 Å². The van der Waals surface area contributed by atoms with Crippen molar-refractivity contribution < 1.29 is 74.6 Å². The molecular formula is C18H19F17. The van der Waals surface area contributed by atoms with Crippen LogP contribution in [0.4, 0.5) is 74.6 Å². The van der Waals surface area contributed by atoms with Gasteiger partial charge in [-0.3, -0.25) is 0 Å². The Morgan fingerprint density at radius 2 is 1.00 bits per heavy atom. The molecule has 4 atom stereocenters. The average Bonchev–Trinajstić information content (AvgIpc) is 2.50. The fourth-order valence-electron chi connectivity index (χ4n) is 3.17. The molecule has 0 nitrogen and oxygen atoms in total. The summed E-state index contributed by atoms with van der Waals surface area (Å²) in [6.45, 7) is 2.17. The lowest BCUT2D eigenvalue weighted by molar-refractivity contribution is -0.253. The zero-order valence-electron chi connectivity index (χ0n) is 17.5. The van der Waals surface area contributed by atoms with Crippen molar-refractivity contribution in [3.8, 4) is 0 Å². The first-order valence-electron chi connectivity index (χ1n) is 9.38. The minimum atomic E-state index is -5.97. The number of halogens is 17. The van der Waals surface area contributed by atoms with Gasteiger partial charge in [0.05, 0.1) is 30.6 Å². The van der Waals surface area contributed by atoms with Crippen LogP contribution in [-0.4, -0.2) is 42.2 Å². The third kappa shape index (κ3) is 11.0. The van der Waals surface area contributed by atoms with Gasteiger partial charge in [-0.15, -0.1) is 6.58 Å². The molecule has 0 aromatic carbocycles. The molecule has 210 valence electrons. The summed E-state index contributed by atoms with van der Waals surface area (Å²) in [5.41, 5.74) is -4.74. The summed E-state index contributed by atoms with van der Waals surface area (Å²) in [5, 5.41) is 0. The predicted molar refractivity (Wildman–Crippen MR) is 87.4 cm³/mol.